The lowest BCUT2D eigenvalue weighted by Crippen LogP contribution is -2.44. The van der Waals surface area contributed by atoms with Crippen LogP contribution in [-0.4, -0.2) is 25.7 Å². The summed E-state index contributed by atoms with van der Waals surface area (Å²) in [6.45, 7) is 6.51. The molecule has 1 aliphatic heterocycles. The Kier molecular flexibility index (Phi) is 6.89. The predicted molar refractivity (Wildman–Crippen MR) is 129 cm³/mol. The Labute approximate surface area is 189 Å². The maximum absolute atomic E-state index is 13.0. The van der Waals surface area contributed by atoms with E-state index >= 15 is 0 Å². The summed E-state index contributed by atoms with van der Waals surface area (Å²) in [4.78, 5) is 14.3. The monoisotopic (exact) mass is 433 g/mol. The molecule has 1 aromatic heterocycles. The van der Waals surface area contributed by atoms with Crippen LogP contribution in [0.25, 0.3) is 11.1 Å². The fraction of sp³-hybridized carbons (Fsp3) is 0.370. The molecule has 31 heavy (non-hydrogen) atoms. The fourth-order valence-electron chi connectivity index (χ4n) is 4.33. The molecule has 0 unspecified atom stereocenters. The molecule has 2 heterocycles. The van der Waals surface area contributed by atoms with E-state index in [4.69, 9.17) is 4.74 Å². The third kappa shape index (κ3) is 5.25. The molecule has 4 heteroatoms. The molecule has 0 aliphatic carbocycles. The zero-order valence-electron chi connectivity index (χ0n) is 18.4. The van der Waals surface area contributed by atoms with Crippen molar-refractivity contribution in [2.24, 2.45) is 5.92 Å². The average Bonchev–Trinajstić information content (AvgIpc) is 3.30. The molecule has 3 aromatic rings. The number of nitrogens with one attached hydrogen (secondary N) is 1. The predicted octanol–water partition coefficient (Wildman–Crippen LogP) is 6.09. The van der Waals surface area contributed by atoms with Gasteiger partial charge >= 0.3 is 0 Å². The van der Waals surface area contributed by atoms with E-state index in [1.54, 1.807) is 11.3 Å². The van der Waals surface area contributed by atoms with Crippen molar-refractivity contribution in [3.05, 3.63) is 82.0 Å². The average molecular weight is 434 g/mol. The van der Waals surface area contributed by atoms with E-state index in [0.717, 1.165) is 38.0 Å². The first kappa shape index (κ1) is 21.8. The molecule has 1 saturated heterocycles. The first-order valence-corrected chi connectivity index (χ1v) is 12.0. The molecule has 4 rings (SSSR count). The number of carbonyl (C=O) groups is 1. The smallest absolute Gasteiger partial charge is 0.251 e. The van der Waals surface area contributed by atoms with Crippen molar-refractivity contribution in [2.75, 3.05) is 19.8 Å². The lowest BCUT2D eigenvalue weighted by molar-refractivity contribution is 0.0499. The van der Waals surface area contributed by atoms with Crippen LogP contribution in [0, 0.1) is 5.92 Å². The van der Waals surface area contributed by atoms with Crippen LogP contribution in [-0.2, 0) is 16.6 Å². The van der Waals surface area contributed by atoms with Gasteiger partial charge in [0.25, 0.3) is 5.91 Å². The minimum atomic E-state index is -0.0683. The van der Waals surface area contributed by atoms with Crippen molar-refractivity contribution in [3.63, 3.8) is 0 Å². The van der Waals surface area contributed by atoms with Gasteiger partial charge in [-0.3, -0.25) is 4.79 Å². The summed E-state index contributed by atoms with van der Waals surface area (Å²) in [5, 5.41) is 5.48. The van der Waals surface area contributed by atoms with Gasteiger partial charge in [0.15, 0.2) is 0 Å². The van der Waals surface area contributed by atoms with E-state index in [-0.39, 0.29) is 11.3 Å². The molecule has 3 nitrogen and oxygen atoms in total. The lowest BCUT2D eigenvalue weighted by atomic mass is 9.78. The van der Waals surface area contributed by atoms with Crippen molar-refractivity contribution < 1.29 is 9.53 Å². The van der Waals surface area contributed by atoms with Crippen molar-refractivity contribution >= 4 is 17.2 Å². The first-order valence-electron chi connectivity index (χ1n) is 11.2. The minimum Gasteiger partial charge on any atom is -0.381 e. The Hall–Kier alpha value is -2.43. The van der Waals surface area contributed by atoms with E-state index in [2.05, 4.69) is 60.9 Å². The van der Waals surface area contributed by atoms with E-state index in [1.165, 1.54) is 21.6 Å². The second-order valence-electron chi connectivity index (χ2n) is 8.94. The molecule has 0 spiro atoms. The standard InChI is InChI=1S/C27H31NO2S/c1-20(2)15-21-7-6-10-23(16-21)26(29)28-19-27(11-13-30-14-12-27)25-17-24(18-31-25)22-8-4-3-5-9-22/h3-10,16-18,20H,11-15,19H2,1-2H3,(H,28,29). The van der Waals surface area contributed by atoms with Gasteiger partial charge in [-0.15, -0.1) is 11.3 Å². The van der Waals surface area contributed by atoms with Crippen LogP contribution in [0.3, 0.4) is 0 Å². The van der Waals surface area contributed by atoms with Crippen molar-refractivity contribution in [2.45, 2.75) is 38.5 Å². The Balaban J connectivity index is 1.51. The van der Waals surface area contributed by atoms with Gasteiger partial charge in [0.05, 0.1) is 0 Å². The number of benzene rings is 2. The van der Waals surface area contributed by atoms with Gasteiger partial charge in [-0.1, -0.05) is 56.3 Å². The number of hydrogen-bond donors (Lipinski definition) is 1. The zero-order valence-corrected chi connectivity index (χ0v) is 19.2. The van der Waals surface area contributed by atoms with Crippen molar-refractivity contribution in [1.29, 1.82) is 0 Å². The Morgan fingerprint density at radius 1 is 1.03 bits per heavy atom. The van der Waals surface area contributed by atoms with Gasteiger partial charge in [0.1, 0.15) is 0 Å². The van der Waals surface area contributed by atoms with Gasteiger partial charge in [-0.25, -0.2) is 0 Å². The van der Waals surface area contributed by atoms with Crippen LogP contribution in [0.15, 0.2) is 66.0 Å². The molecule has 0 bridgehead atoms. The summed E-state index contributed by atoms with van der Waals surface area (Å²) in [5.74, 6) is 0.581. The minimum absolute atomic E-state index is 0.0105. The van der Waals surface area contributed by atoms with Crippen LogP contribution < -0.4 is 5.32 Å². The van der Waals surface area contributed by atoms with Crippen molar-refractivity contribution in [1.82, 2.24) is 5.32 Å². The van der Waals surface area contributed by atoms with Crippen LogP contribution in [0.5, 0.6) is 0 Å². The van der Waals surface area contributed by atoms with Crippen LogP contribution >= 0.6 is 11.3 Å². The molecule has 2 aromatic carbocycles. The highest BCUT2D eigenvalue weighted by atomic mass is 32.1. The molecule has 1 N–H and O–H groups in total. The summed E-state index contributed by atoms with van der Waals surface area (Å²) < 4.78 is 5.67. The second-order valence-corrected chi connectivity index (χ2v) is 9.85. The normalized spacial score (nSPS) is 15.7. The Bertz CT molecular complexity index is 1000. The summed E-state index contributed by atoms with van der Waals surface area (Å²) in [5.41, 5.74) is 4.38. The third-order valence-electron chi connectivity index (χ3n) is 6.10. The van der Waals surface area contributed by atoms with Crippen LogP contribution in [0.4, 0.5) is 0 Å². The molecule has 0 saturated carbocycles. The highest BCUT2D eigenvalue weighted by molar-refractivity contribution is 7.10. The quantitative estimate of drug-likeness (QED) is 0.489. The molecule has 1 fully saturated rings. The molecule has 1 amide bonds. The summed E-state index contributed by atoms with van der Waals surface area (Å²) in [6.07, 6.45) is 2.84. The summed E-state index contributed by atoms with van der Waals surface area (Å²) >= 11 is 1.80. The molecular formula is C27H31NO2S. The fourth-order valence-corrected chi connectivity index (χ4v) is 5.51. The molecule has 1 aliphatic rings. The molecule has 0 radical (unpaired) electrons. The first-order chi connectivity index (χ1) is 15.1. The van der Waals surface area contributed by atoms with Crippen molar-refractivity contribution in [3.8, 4) is 11.1 Å². The lowest BCUT2D eigenvalue weighted by Gasteiger charge is -2.36. The number of rotatable bonds is 7. The third-order valence-corrected chi connectivity index (χ3v) is 7.28. The second kappa shape index (κ2) is 9.80. The SMILES string of the molecule is CC(C)Cc1cccc(C(=O)NCC2(c3cc(-c4ccccc4)cs3)CCOCC2)c1. The van der Waals surface area contributed by atoms with E-state index < -0.39 is 0 Å². The molecule has 162 valence electrons. The van der Waals surface area contributed by atoms with Gasteiger partial charge < -0.3 is 10.1 Å². The Morgan fingerprint density at radius 3 is 2.55 bits per heavy atom. The van der Waals surface area contributed by atoms with Gasteiger partial charge in [0.2, 0.25) is 0 Å². The summed E-state index contributed by atoms with van der Waals surface area (Å²) in [7, 11) is 0. The number of carbonyl (C=O) groups excluding carboxylic acids is 1. The van der Waals surface area contributed by atoms with E-state index in [1.807, 2.05) is 24.3 Å². The van der Waals surface area contributed by atoms with E-state index in [0.29, 0.717) is 12.5 Å². The summed E-state index contributed by atoms with van der Waals surface area (Å²) in [6, 6.07) is 20.8. The molecular weight excluding hydrogens is 402 g/mol. The van der Waals surface area contributed by atoms with Crippen LogP contribution in [0.1, 0.15) is 47.5 Å². The number of hydrogen-bond acceptors (Lipinski definition) is 3. The molecule has 0 atom stereocenters. The van der Waals surface area contributed by atoms with Gasteiger partial charge in [0, 0.05) is 35.6 Å². The number of amides is 1. The van der Waals surface area contributed by atoms with Gasteiger partial charge in [-0.2, -0.15) is 0 Å². The number of ether oxygens (including phenoxy) is 1. The number of thiophene rings is 1. The zero-order chi connectivity index (χ0) is 21.7. The van der Waals surface area contributed by atoms with Gasteiger partial charge in [-0.05, 0) is 65.4 Å². The maximum atomic E-state index is 13.0. The Morgan fingerprint density at radius 2 is 1.81 bits per heavy atom. The highest BCUT2D eigenvalue weighted by Gasteiger charge is 2.36. The van der Waals surface area contributed by atoms with E-state index in [9.17, 15) is 4.79 Å². The van der Waals surface area contributed by atoms with Crippen LogP contribution in [0.2, 0.25) is 0 Å². The highest BCUT2D eigenvalue weighted by Crippen LogP contribution is 2.40. The topological polar surface area (TPSA) is 38.3 Å². The maximum Gasteiger partial charge on any atom is 0.251 e. The largest absolute Gasteiger partial charge is 0.381 e.